The van der Waals surface area contributed by atoms with Crippen molar-refractivity contribution in [2.45, 2.75) is 25.7 Å². The van der Waals surface area contributed by atoms with Crippen LogP contribution < -0.4 is 0 Å². The predicted octanol–water partition coefficient (Wildman–Crippen LogP) is 6.39. The van der Waals surface area contributed by atoms with Gasteiger partial charge in [-0.2, -0.15) is 0 Å². The molecule has 1 unspecified atom stereocenters. The van der Waals surface area contributed by atoms with Crippen LogP contribution in [0.3, 0.4) is 0 Å². The summed E-state index contributed by atoms with van der Waals surface area (Å²) in [6.07, 6.45) is 10.9. The van der Waals surface area contributed by atoms with E-state index in [4.69, 9.17) is 11.6 Å². The Morgan fingerprint density at radius 2 is 1.93 bits per heavy atom. The monoisotopic (exact) mass is 405 g/mol. The zero-order valence-electron chi connectivity index (χ0n) is 16.1. The van der Waals surface area contributed by atoms with Gasteiger partial charge in [0, 0.05) is 40.4 Å². The van der Waals surface area contributed by atoms with Gasteiger partial charge in [0.2, 0.25) is 0 Å². The molecule has 1 N–H and O–H groups in total. The van der Waals surface area contributed by atoms with Crippen molar-refractivity contribution in [3.63, 3.8) is 0 Å². The molecule has 1 atom stereocenters. The van der Waals surface area contributed by atoms with E-state index in [9.17, 15) is 9.50 Å². The minimum absolute atomic E-state index is 0.251. The maximum atomic E-state index is 13.7. The molecule has 4 heteroatoms. The zero-order valence-corrected chi connectivity index (χ0v) is 16.8. The Hall–Kier alpha value is -2.91. The largest absolute Gasteiger partial charge is 0.507 e. The summed E-state index contributed by atoms with van der Waals surface area (Å²) in [6.45, 7) is 2.02. The van der Waals surface area contributed by atoms with Crippen LogP contribution in [-0.2, 0) is 12.8 Å². The first kappa shape index (κ1) is 19.4. The van der Waals surface area contributed by atoms with E-state index in [0.717, 1.165) is 33.5 Å². The maximum Gasteiger partial charge on any atom is 0.124 e. The fourth-order valence-electron chi connectivity index (χ4n) is 3.84. The molecular formula is C25H21ClFNO. The number of rotatable bonds is 4. The Labute approximate surface area is 175 Å². The number of allylic oxidation sites excluding steroid dienone is 3. The highest BCUT2D eigenvalue weighted by Gasteiger charge is 2.24. The summed E-state index contributed by atoms with van der Waals surface area (Å²) in [5, 5.41) is 11.5. The third-order valence-corrected chi connectivity index (χ3v) is 5.62. The van der Waals surface area contributed by atoms with E-state index in [0.29, 0.717) is 17.9 Å². The van der Waals surface area contributed by atoms with E-state index in [-0.39, 0.29) is 17.5 Å². The zero-order chi connectivity index (χ0) is 20.4. The van der Waals surface area contributed by atoms with Gasteiger partial charge >= 0.3 is 0 Å². The SMILES string of the molecule is Cc1ccnc(CC(c2ccc(F)cc2Cl)c2ccc3c(c2O)CC=CC=C3)c1. The van der Waals surface area contributed by atoms with Crippen molar-refractivity contribution in [3.05, 3.63) is 111 Å². The Bertz CT molecular complexity index is 1120. The second-order valence-electron chi connectivity index (χ2n) is 7.31. The quantitative estimate of drug-likeness (QED) is 0.545. The van der Waals surface area contributed by atoms with Gasteiger partial charge in [0.1, 0.15) is 11.6 Å². The lowest BCUT2D eigenvalue weighted by Gasteiger charge is -2.22. The van der Waals surface area contributed by atoms with Crippen LogP contribution in [-0.4, -0.2) is 10.1 Å². The molecule has 1 aliphatic carbocycles. The van der Waals surface area contributed by atoms with Gasteiger partial charge in [-0.05, 0) is 54.3 Å². The van der Waals surface area contributed by atoms with Gasteiger partial charge in [0.05, 0.1) is 0 Å². The van der Waals surface area contributed by atoms with Crippen LogP contribution in [0.25, 0.3) is 6.08 Å². The summed E-state index contributed by atoms with van der Waals surface area (Å²) in [4.78, 5) is 4.49. The Morgan fingerprint density at radius 1 is 1.10 bits per heavy atom. The minimum Gasteiger partial charge on any atom is -0.507 e. The van der Waals surface area contributed by atoms with Crippen LogP contribution in [0.4, 0.5) is 4.39 Å². The van der Waals surface area contributed by atoms with E-state index < -0.39 is 0 Å². The summed E-state index contributed by atoms with van der Waals surface area (Å²) in [5.41, 5.74) is 5.42. The smallest absolute Gasteiger partial charge is 0.124 e. The van der Waals surface area contributed by atoms with E-state index in [1.165, 1.54) is 12.1 Å². The Balaban J connectivity index is 1.85. The van der Waals surface area contributed by atoms with Gasteiger partial charge in [0.25, 0.3) is 0 Å². The molecule has 0 saturated heterocycles. The van der Waals surface area contributed by atoms with E-state index in [2.05, 4.69) is 4.98 Å². The normalized spacial score (nSPS) is 13.8. The fourth-order valence-corrected chi connectivity index (χ4v) is 4.14. The first-order chi connectivity index (χ1) is 14.0. The average Bonchev–Trinajstić information content (AvgIpc) is 2.93. The third kappa shape index (κ3) is 4.10. The first-order valence-electron chi connectivity index (χ1n) is 9.57. The van der Waals surface area contributed by atoms with Crippen molar-refractivity contribution in [3.8, 4) is 5.75 Å². The van der Waals surface area contributed by atoms with E-state index >= 15 is 0 Å². The molecule has 0 saturated carbocycles. The highest BCUT2D eigenvalue weighted by Crippen LogP contribution is 2.40. The molecule has 2 aromatic carbocycles. The number of pyridine rings is 1. The summed E-state index contributed by atoms with van der Waals surface area (Å²) < 4.78 is 13.7. The van der Waals surface area contributed by atoms with E-state index in [1.807, 2.05) is 55.5 Å². The Morgan fingerprint density at radius 3 is 2.72 bits per heavy atom. The number of hydrogen-bond donors (Lipinski definition) is 1. The van der Waals surface area contributed by atoms with Crippen LogP contribution >= 0.6 is 11.6 Å². The van der Waals surface area contributed by atoms with Gasteiger partial charge in [-0.15, -0.1) is 0 Å². The van der Waals surface area contributed by atoms with E-state index in [1.54, 1.807) is 12.3 Å². The number of phenols is 1. The number of phenolic OH excluding ortho intramolecular Hbond substituents is 1. The lowest BCUT2D eigenvalue weighted by atomic mass is 9.84. The summed E-state index contributed by atoms with van der Waals surface area (Å²) in [6, 6.07) is 12.3. The van der Waals surface area contributed by atoms with Gasteiger partial charge in [-0.1, -0.05) is 54.1 Å². The summed E-state index contributed by atoms with van der Waals surface area (Å²) in [5.74, 6) is -0.372. The van der Waals surface area contributed by atoms with Gasteiger partial charge in [0.15, 0.2) is 0 Å². The van der Waals surface area contributed by atoms with Gasteiger partial charge in [-0.25, -0.2) is 4.39 Å². The molecule has 0 bridgehead atoms. The van der Waals surface area contributed by atoms with Crippen LogP contribution in [0.15, 0.2) is 66.9 Å². The number of aryl methyl sites for hydroxylation is 1. The molecule has 3 aromatic rings. The number of nitrogens with zero attached hydrogens (tertiary/aromatic N) is 1. The van der Waals surface area contributed by atoms with Crippen molar-refractivity contribution >= 4 is 17.7 Å². The summed E-state index contributed by atoms with van der Waals surface area (Å²) in [7, 11) is 0. The molecule has 1 aromatic heterocycles. The lowest BCUT2D eigenvalue weighted by Crippen LogP contribution is -2.09. The number of benzene rings is 2. The van der Waals surface area contributed by atoms with Crippen LogP contribution in [0.5, 0.6) is 5.75 Å². The first-order valence-corrected chi connectivity index (χ1v) is 9.95. The fraction of sp³-hybridized carbons (Fsp3) is 0.160. The van der Waals surface area contributed by atoms with Crippen molar-refractivity contribution in [2.24, 2.45) is 0 Å². The van der Waals surface area contributed by atoms with Crippen molar-refractivity contribution in [2.75, 3.05) is 0 Å². The number of fused-ring (bicyclic) bond motifs is 1. The molecule has 0 spiro atoms. The summed E-state index contributed by atoms with van der Waals surface area (Å²) >= 11 is 6.43. The van der Waals surface area contributed by atoms with Crippen LogP contribution in [0.1, 0.15) is 39.4 Å². The molecule has 2 nitrogen and oxygen atoms in total. The van der Waals surface area contributed by atoms with Gasteiger partial charge < -0.3 is 5.11 Å². The molecule has 146 valence electrons. The predicted molar refractivity (Wildman–Crippen MR) is 116 cm³/mol. The molecule has 4 rings (SSSR count). The van der Waals surface area contributed by atoms with Crippen molar-refractivity contribution < 1.29 is 9.50 Å². The van der Waals surface area contributed by atoms with Crippen molar-refractivity contribution in [1.29, 1.82) is 0 Å². The molecule has 0 radical (unpaired) electrons. The standard InChI is InChI=1S/C25H21ClFNO/c1-16-11-12-28-19(13-16)15-23(21-10-8-18(27)14-24(21)26)22-9-7-17-5-3-2-4-6-20(17)25(22)29/h2-5,7-14,23,29H,6,15H2,1H3. The minimum atomic E-state index is -0.382. The highest BCUT2D eigenvalue weighted by atomic mass is 35.5. The molecular weight excluding hydrogens is 385 g/mol. The molecule has 1 aliphatic rings. The third-order valence-electron chi connectivity index (χ3n) is 5.29. The second kappa shape index (κ2) is 8.22. The Kier molecular flexibility index (Phi) is 5.50. The lowest BCUT2D eigenvalue weighted by molar-refractivity contribution is 0.458. The maximum absolute atomic E-state index is 13.7. The molecule has 0 aliphatic heterocycles. The van der Waals surface area contributed by atoms with Crippen LogP contribution in [0, 0.1) is 12.7 Å². The highest BCUT2D eigenvalue weighted by molar-refractivity contribution is 6.31. The van der Waals surface area contributed by atoms with Crippen molar-refractivity contribution in [1.82, 2.24) is 4.98 Å². The average molecular weight is 406 g/mol. The van der Waals surface area contributed by atoms with Gasteiger partial charge in [-0.3, -0.25) is 4.98 Å². The number of hydrogen-bond acceptors (Lipinski definition) is 2. The molecule has 1 heterocycles. The molecule has 29 heavy (non-hydrogen) atoms. The number of aromatic nitrogens is 1. The molecule has 0 amide bonds. The van der Waals surface area contributed by atoms with Crippen LogP contribution in [0.2, 0.25) is 5.02 Å². The number of aromatic hydroxyl groups is 1. The second-order valence-corrected chi connectivity index (χ2v) is 7.72. The molecule has 0 fully saturated rings. The topological polar surface area (TPSA) is 33.1 Å². The number of halogens is 2.